The lowest BCUT2D eigenvalue weighted by Crippen LogP contribution is -2.51. The number of carbonyl (C=O) groups excluding carboxylic acids is 1. The van der Waals surface area contributed by atoms with Gasteiger partial charge in [-0.25, -0.2) is 8.42 Å². The Bertz CT molecular complexity index is 1140. The number of amides is 1. The Labute approximate surface area is 233 Å². The summed E-state index contributed by atoms with van der Waals surface area (Å²) in [6, 6.07) is 15.2. The molecule has 0 bridgehead atoms. The molecule has 214 valence electrons. The fourth-order valence-electron chi connectivity index (χ4n) is 5.54. The summed E-state index contributed by atoms with van der Waals surface area (Å²) >= 11 is 0. The minimum atomic E-state index is -3.30. The van der Waals surface area contributed by atoms with Gasteiger partial charge >= 0.3 is 0 Å². The van der Waals surface area contributed by atoms with Crippen LogP contribution in [0.2, 0.25) is 0 Å². The number of piperidine rings is 1. The maximum absolute atomic E-state index is 12.8. The lowest BCUT2D eigenvalue weighted by atomic mass is 9.89. The molecule has 2 aromatic rings. The Morgan fingerprint density at radius 1 is 0.949 bits per heavy atom. The van der Waals surface area contributed by atoms with E-state index in [1.54, 1.807) is 24.3 Å². The number of hydrogen-bond acceptors (Lipinski definition) is 6. The van der Waals surface area contributed by atoms with Gasteiger partial charge in [-0.1, -0.05) is 38.3 Å². The molecule has 9 heteroatoms. The predicted octanol–water partition coefficient (Wildman–Crippen LogP) is 4.88. The molecule has 2 aromatic carbocycles. The molecule has 4 rings (SSSR count). The van der Waals surface area contributed by atoms with Gasteiger partial charge in [0.15, 0.2) is 0 Å². The van der Waals surface area contributed by atoms with E-state index in [1.807, 2.05) is 12.1 Å². The Hall–Kier alpha value is -2.62. The van der Waals surface area contributed by atoms with Crippen molar-refractivity contribution < 1.29 is 17.9 Å². The van der Waals surface area contributed by atoms with Crippen LogP contribution in [0.5, 0.6) is 11.5 Å². The van der Waals surface area contributed by atoms with Gasteiger partial charge in [0.05, 0.1) is 12.3 Å². The van der Waals surface area contributed by atoms with Crippen molar-refractivity contribution in [1.29, 1.82) is 0 Å². The summed E-state index contributed by atoms with van der Waals surface area (Å²) < 4.78 is 31.1. The maximum atomic E-state index is 12.8. The molecule has 1 amide bonds. The summed E-state index contributed by atoms with van der Waals surface area (Å²) in [6.07, 6.45) is 10.5. The van der Waals surface area contributed by atoms with E-state index in [0.29, 0.717) is 23.4 Å². The highest BCUT2D eigenvalue weighted by molar-refractivity contribution is 7.92. The summed E-state index contributed by atoms with van der Waals surface area (Å²) in [5, 5.41) is 6.85. The molecule has 1 aliphatic carbocycles. The van der Waals surface area contributed by atoms with Crippen molar-refractivity contribution in [3.05, 3.63) is 54.1 Å². The largest absolute Gasteiger partial charge is 0.457 e. The van der Waals surface area contributed by atoms with Crippen molar-refractivity contribution in [1.82, 2.24) is 15.5 Å². The molecule has 1 atom stereocenters. The summed E-state index contributed by atoms with van der Waals surface area (Å²) in [4.78, 5) is 15.2. The number of rotatable bonds is 12. The summed E-state index contributed by atoms with van der Waals surface area (Å²) in [5.41, 5.74) is 1.73. The first kappa shape index (κ1) is 29.4. The van der Waals surface area contributed by atoms with Crippen molar-refractivity contribution in [2.45, 2.75) is 76.9 Å². The quantitative estimate of drug-likeness (QED) is 0.345. The Morgan fingerprint density at radius 2 is 1.56 bits per heavy atom. The third kappa shape index (κ3) is 9.81. The van der Waals surface area contributed by atoms with E-state index < -0.39 is 10.0 Å². The molecule has 1 unspecified atom stereocenters. The Kier molecular flexibility index (Phi) is 10.6. The fourth-order valence-corrected chi connectivity index (χ4v) is 6.11. The molecule has 0 radical (unpaired) electrons. The van der Waals surface area contributed by atoms with E-state index in [9.17, 15) is 13.2 Å². The molecule has 39 heavy (non-hydrogen) atoms. The molecule has 1 aliphatic heterocycles. The molecule has 2 aliphatic rings. The fraction of sp³-hybridized carbons (Fsp3) is 0.567. The average molecular weight is 557 g/mol. The van der Waals surface area contributed by atoms with Crippen molar-refractivity contribution >= 4 is 21.6 Å². The normalized spacial score (nSPS) is 18.4. The van der Waals surface area contributed by atoms with Crippen LogP contribution in [0, 0.1) is 5.92 Å². The molecule has 1 saturated carbocycles. The second-order valence-electron chi connectivity index (χ2n) is 11.1. The Morgan fingerprint density at radius 3 is 2.15 bits per heavy atom. The highest BCUT2D eigenvalue weighted by atomic mass is 32.2. The standard InChI is InChI=1S/C30H44N4O4S/c1-3-29(30(35)31-21-23-7-5-4-6-8-23)32-25-17-19-34(20-18-25)22-24-9-13-27(14-10-24)38-28-15-11-26(12-16-28)33-39(2,36)37/h9-16,23,25,29,32-33H,3-8,17-22H2,1-2H3,(H,31,35). The zero-order valence-electron chi connectivity index (χ0n) is 23.3. The molecule has 0 spiro atoms. The van der Waals surface area contributed by atoms with Gasteiger partial charge in [-0.05, 0) is 93.1 Å². The van der Waals surface area contributed by atoms with E-state index in [0.717, 1.165) is 57.4 Å². The van der Waals surface area contributed by atoms with E-state index in [2.05, 4.69) is 39.3 Å². The summed E-state index contributed by atoms with van der Waals surface area (Å²) in [7, 11) is -3.30. The van der Waals surface area contributed by atoms with Crippen molar-refractivity contribution in [2.75, 3.05) is 30.6 Å². The molecule has 8 nitrogen and oxygen atoms in total. The molecule has 3 N–H and O–H groups in total. The topological polar surface area (TPSA) is 99.8 Å². The molecule has 0 aromatic heterocycles. The molecular weight excluding hydrogens is 512 g/mol. The molecule has 1 heterocycles. The Balaban J connectivity index is 1.17. The van der Waals surface area contributed by atoms with Gasteiger partial charge < -0.3 is 15.4 Å². The van der Waals surface area contributed by atoms with Crippen molar-refractivity contribution in [3.63, 3.8) is 0 Å². The highest BCUT2D eigenvalue weighted by Crippen LogP contribution is 2.25. The van der Waals surface area contributed by atoms with Gasteiger partial charge in [-0.3, -0.25) is 14.4 Å². The van der Waals surface area contributed by atoms with E-state index in [1.165, 1.54) is 37.7 Å². The van der Waals surface area contributed by atoms with E-state index in [4.69, 9.17) is 4.74 Å². The van der Waals surface area contributed by atoms with Gasteiger partial charge in [0, 0.05) is 24.8 Å². The second-order valence-corrected chi connectivity index (χ2v) is 12.8. The zero-order valence-corrected chi connectivity index (χ0v) is 24.1. The smallest absolute Gasteiger partial charge is 0.237 e. The number of nitrogens with zero attached hydrogens (tertiary/aromatic N) is 1. The van der Waals surface area contributed by atoms with E-state index >= 15 is 0 Å². The molecular formula is C30H44N4O4S. The number of hydrogen-bond donors (Lipinski definition) is 3. The number of nitrogens with one attached hydrogen (secondary N) is 3. The van der Waals surface area contributed by atoms with Crippen LogP contribution in [-0.2, 0) is 21.4 Å². The number of benzene rings is 2. The number of likely N-dealkylation sites (tertiary alicyclic amines) is 1. The SMILES string of the molecule is CCC(NC1CCN(Cc2ccc(Oc3ccc(NS(C)(=O)=O)cc3)cc2)CC1)C(=O)NCC1CCCCC1. The average Bonchev–Trinajstić information content (AvgIpc) is 2.93. The van der Waals surface area contributed by atoms with Crippen molar-refractivity contribution in [3.8, 4) is 11.5 Å². The minimum Gasteiger partial charge on any atom is -0.457 e. The van der Waals surface area contributed by atoms with Gasteiger partial charge in [-0.15, -0.1) is 0 Å². The number of sulfonamides is 1. The third-order valence-corrected chi connectivity index (χ3v) is 8.37. The lowest BCUT2D eigenvalue weighted by Gasteiger charge is -2.34. The van der Waals surface area contributed by atoms with Crippen LogP contribution >= 0.6 is 0 Å². The van der Waals surface area contributed by atoms with Crippen LogP contribution in [0.3, 0.4) is 0 Å². The first-order valence-electron chi connectivity index (χ1n) is 14.4. The van der Waals surface area contributed by atoms with Crippen molar-refractivity contribution in [2.24, 2.45) is 5.92 Å². The first-order valence-corrected chi connectivity index (χ1v) is 16.3. The minimum absolute atomic E-state index is 0.107. The number of carbonyl (C=O) groups is 1. The van der Waals surface area contributed by atoms with Crippen LogP contribution in [0.15, 0.2) is 48.5 Å². The van der Waals surface area contributed by atoms with Crippen LogP contribution < -0.4 is 20.1 Å². The van der Waals surface area contributed by atoms with Crippen LogP contribution in [-0.4, -0.2) is 57.2 Å². The van der Waals surface area contributed by atoms with Gasteiger partial charge in [0.2, 0.25) is 15.9 Å². The lowest BCUT2D eigenvalue weighted by molar-refractivity contribution is -0.123. The molecule has 2 fully saturated rings. The maximum Gasteiger partial charge on any atom is 0.237 e. The third-order valence-electron chi connectivity index (χ3n) is 7.76. The summed E-state index contributed by atoms with van der Waals surface area (Å²) in [6.45, 7) is 5.81. The number of anilines is 1. The summed E-state index contributed by atoms with van der Waals surface area (Å²) in [5.74, 6) is 2.19. The monoisotopic (exact) mass is 556 g/mol. The zero-order chi connectivity index (χ0) is 27.7. The number of ether oxygens (including phenoxy) is 1. The van der Waals surface area contributed by atoms with E-state index in [-0.39, 0.29) is 11.9 Å². The van der Waals surface area contributed by atoms with Gasteiger partial charge in [0.25, 0.3) is 0 Å². The predicted molar refractivity (Wildman–Crippen MR) is 157 cm³/mol. The molecule has 1 saturated heterocycles. The second kappa shape index (κ2) is 14.1. The van der Waals surface area contributed by atoms with Crippen LogP contribution in [0.1, 0.15) is 63.9 Å². The van der Waals surface area contributed by atoms with Gasteiger partial charge in [0.1, 0.15) is 11.5 Å². The van der Waals surface area contributed by atoms with Gasteiger partial charge in [-0.2, -0.15) is 0 Å². The van der Waals surface area contributed by atoms with Crippen LogP contribution in [0.4, 0.5) is 5.69 Å². The first-order chi connectivity index (χ1) is 18.8. The highest BCUT2D eigenvalue weighted by Gasteiger charge is 2.25. The van der Waals surface area contributed by atoms with Crippen LogP contribution in [0.25, 0.3) is 0 Å².